The summed E-state index contributed by atoms with van der Waals surface area (Å²) in [4.78, 5) is 34.5. The Morgan fingerprint density at radius 3 is 2.50 bits per heavy atom. The molecule has 1 saturated heterocycles. The fourth-order valence-electron chi connectivity index (χ4n) is 4.02. The number of benzene rings is 1. The molecule has 0 radical (unpaired) electrons. The molecule has 1 atom stereocenters. The highest BCUT2D eigenvalue weighted by molar-refractivity contribution is 5.74. The van der Waals surface area contributed by atoms with Gasteiger partial charge in [-0.3, -0.25) is 13.9 Å². The van der Waals surface area contributed by atoms with Crippen molar-refractivity contribution in [2.75, 3.05) is 44.7 Å². The zero-order valence-corrected chi connectivity index (χ0v) is 19.0. The van der Waals surface area contributed by atoms with Gasteiger partial charge in [-0.1, -0.05) is 12.1 Å². The molecule has 4 rings (SSSR count). The minimum atomic E-state index is -0.874. The van der Waals surface area contributed by atoms with Gasteiger partial charge < -0.3 is 24.2 Å². The van der Waals surface area contributed by atoms with Gasteiger partial charge in [0, 0.05) is 40.3 Å². The number of nitrogens with zero attached hydrogens (tertiary/aromatic N) is 6. The van der Waals surface area contributed by atoms with Gasteiger partial charge in [0.2, 0.25) is 5.95 Å². The smallest absolute Gasteiger partial charge is 0.332 e. The van der Waals surface area contributed by atoms with Gasteiger partial charge in [0.15, 0.2) is 11.2 Å². The standard InChI is InChI=1S/C22H30N6O4/c1-15-6-5-7-17(12-15)32-14-16(29)13-28-18-19(25(3)22(31)26(4)20(18)30)23-21(28)27-10-8-24(2)9-11-27/h5-7,12,16,29H,8-11,13-14H2,1-4H3/t16-/m1/s1. The quantitative estimate of drug-likeness (QED) is 0.571. The Morgan fingerprint density at radius 2 is 1.81 bits per heavy atom. The highest BCUT2D eigenvalue weighted by Crippen LogP contribution is 2.22. The van der Waals surface area contributed by atoms with Crippen LogP contribution in [0.15, 0.2) is 33.9 Å². The van der Waals surface area contributed by atoms with E-state index in [0.29, 0.717) is 22.9 Å². The molecular weight excluding hydrogens is 412 g/mol. The molecular formula is C22H30N6O4. The lowest BCUT2D eigenvalue weighted by Gasteiger charge is -2.33. The number of anilines is 1. The predicted octanol–water partition coefficient (Wildman–Crippen LogP) is -0.0662. The molecule has 0 amide bonds. The number of aliphatic hydroxyl groups excluding tert-OH is 1. The first-order valence-corrected chi connectivity index (χ1v) is 10.7. The third kappa shape index (κ3) is 4.15. The number of fused-ring (bicyclic) bond motifs is 1. The Labute approximate surface area is 185 Å². The lowest BCUT2D eigenvalue weighted by Crippen LogP contribution is -2.45. The van der Waals surface area contributed by atoms with Crippen molar-refractivity contribution in [1.29, 1.82) is 0 Å². The third-order valence-corrected chi connectivity index (χ3v) is 5.94. The van der Waals surface area contributed by atoms with E-state index >= 15 is 0 Å². The number of aliphatic hydroxyl groups is 1. The second kappa shape index (κ2) is 8.79. The maximum absolute atomic E-state index is 13.0. The topological polar surface area (TPSA) is 97.8 Å². The minimum Gasteiger partial charge on any atom is -0.491 e. The van der Waals surface area contributed by atoms with Gasteiger partial charge in [0.1, 0.15) is 18.5 Å². The number of aromatic nitrogens is 4. The summed E-state index contributed by atoms with van der Waals surface area (Å²) in [6.45, 7) is 5.37. The van der Waals surface area contributed by atoms with Crippen molar-refractivity contribution in [3.63, 3.8) is 0 Å². The van der Waals surface area contributed by atoms with Crippen LogP contribution >= 0.6 is 0 Å². The number of ether oxygens (including phenoxy) is 1. The number of imidazole rings is 1. The number of hydrogen-bond acceptors (Lipinski definition) is 7. The number of piperazine rings is 1. The Kier molecular flexibility index (Phi) is 6.07. The molecule has 3 heterocycles. The van der Waals surface area contributed by atoms with Crippen LogP contribution < -0.4 is 20.9 Å². The number of rotatable bonds is 6. The van der Waals surface area contributed by atoms with E-state index in [1.165, 1.54) is 11.6 Å². The summed E-state index contributed by atoms with van der Waals surface area (Å²) in [7, 11) is 5.12. The zero-order chi connectivity index (χ0) is 23.0. The van der Waals surface area contributed by atoms with E-state index < -0.39 is 17.4 Å². The molecule has 0 bridgehead atoms. The van der Waals surface area contributed by atoms with Crippen LogP contribution in [0.4, 0.5) is 5.95 Å². The fraction of sp³-hybridized carbons (Fsp3) is 0.500. The summed E-state index contributed by atoms with van der Waals surface area (Å²) in [5.41, 5.74) is 0.833. The van der Waals surface area contributed by atoms with Crippen molar-refractivity contribution in [3.05, 3.63) is 50.7 Å². The molecule has 0 saturated carbocycles. The van der Waals surface area contributed by atoms with Crippen molar-refractivity contribution in [2.24, 2.45) is 14.1 Å². The maximum Gasteiger partial charge on any atom is 0.332 e. The summed E-state index contributed by atoms with van der Waals surface area (Å²) in [5.74, 6) is 1.26. The van der Waals surface area contributed by atoms with Crippen molar-refractivity contribution >= 4 is 17.1 Å². The fourth-order valence-corrected chi connectivity index (χ4v) is 4.02. The van der Waals surface area contributed by atoms with Crippen molar-refractivity contribution in [3.8, 4) is 5.75 Å². The summed E-state index contributed by atoms with van der Waals surface area (Å²) in [5, 5.41) is 10.8. The van der Waals surface area contributed by atoms with Crippen molar-refractivity contribution in [1.82, 2.24) is 23.6 Å². The molecule has 10 nitrogen and oxygen atoms in total. The number of likely N-dealkylation sites (N-methyl/N-ethyl adjacent to an activating group) is 1. The van der Waals surface area contributed by atoms with Crippen LogP contribution in [0.3, 0.4) is 0 Å². The van der Waals surface area contributed by atoms with Crippen molar-refractivity contribution < 1.29 is 9.84 Å². The Hall–Kier alpha value is -3.11. The Balaban J connectivity index is 1.70. The molecule has 1 aliphatic heterocycles. The molecule has 0 spiro atoms. The van der Waals surface area contributed by atoms with E-state index in [0.717, 1.165) is 36.3 Å². The number of aryl methyl sites for hydroxylation is 2. The lowest BCUT2D eigenvalue weighted by atomic mass is 10.2. The summed E-state index contributed by atoms with van der Waals surface area (Å²) in [6, 6.07) is 7.62. The van der Waals surface area contributed by atoms with Crippen LogP contribution in [0.5, 0.6) is 5.75 Å². The van der Waals surface area contributed by atoms with Gasteiger partial charge in [-0.15, -0.1) is 0 Å². The van der Waals surface area contributed by atoms with Crippen LogP contribution in [0.25, 0.3) is 11.2 Å². The SMILES string of the molecule is Cc1cccc(OC[C@H](O)Cn2c(N3CCN(C)CC3)nc3c2c(=O)n(C)c(=O)n3C)c1. The third-order valence-electron chi connectivity index (χ3n) is 5.94. The second-order valence-corrected chi connectivity index (χ2v) is 8.47. The van der Waals surface area contributed by atoms with Crippen LogP contribution in [0, 0.1) is 6.92 Å². The highest BCUT2D eigenvalue weighted by atomic mass is 16.5. The summed E-state index contributed by atoms with van der Waals surface area (Å²) >= 11 is 0. The van der Waals surface area contributed by atoms with E-state index in [1.54, 1.807) is 11.6 Å². The first-order chi connectivity index (χ1) is 15.3. The van der Waals surface area contributed by atoms with Gasteiger partial charge in [0.25, 0.3) is 5.56 Å². The van der Waals surface area contributed by atoms with Gasteiger partial charge in [-0.2, -0.15) is 4.98 Å². The van der Waals surface area contributed by atoms with Crippen LogP contribution in [-0.4, -0.2) is 74.6 Å². The monoisotopic (exact) mass is 442 g/mol. The van der Waals surface area contributed by atoms with E-state index in [2.05, 4.69) is 21.8 Å². The molecule has 32 heavy (non-hydrogen) atoms. The maximum atomic E-state index is 13.0. The Morgan fingerprint density at radius 1 is 1.09 bits per heavy atom. The molecule has 10 heteroatoms. The highest BCUT2D eigenvalue weighted by Gasteiger charge is 2.26. The predicted molar refractivity (Wildman–Crippen MR) is 123 cm³/mol. The van der Waals surface area contributed by atoms with Crippen LogP contribution in [0.1, 0.15) is 5.56 Å². The van der Waals surface area contributed by atoms with Crippen LogP contribution in [0.2, 0.25) is 0 Å². The molecule has 3 aromatic rings. The first kappa shape index (κ1) is 22.1. The molecule has 0 aliphatic carbocycles. The van der Waals surface area contributed by atoms with Crippen molar-refractivity contribution in [2.45, 2.75) is 19.6 Å². The second-order valence-electron chi connectivity index (χ2n) is 8.47. The summed E-state index contributed by atoms with van der Waals surface area (Å²) < 4.78 is 9.94. The van der Waals surface area contributed by atoms with Crippen LogP contribution in [-0.2, 0) is 20.6 Å². The normalized spacial score (nSPS) is 16.0. The lowest BCUT2D eigenvalue weighted by molar-refractivity contribution is 0.0935. The number of hydrogen-bond donors (Lipinski definition) is 1. The van der Waals surface area contributed by atoms with Gasteiger partial charge in [0.05, 0.1) is 6.54 Å². The minimum absolute atomic E-state index is 0.0668. The van der Waals surface area contributed by atoms with E-state index in [-0.39, 0.29) is 13.2 Å². The largest absolute Gasteiger partial charge is 0.491 e. The van der Waals surface area contributed by atoms with E-state index in [1.807, 2.05) is 31.2 Å². The molecule has 1 fully saturated rings. The van der Waals surface area contributed by atoms with Gasteiger partial charge in [-0.25, -0.2) is 4.79 Å². The van der Waals surface area contributed by atoms with E-state index in [9.17, 15) is 14.7 Å². The first-order valence-electron chi connectivity index (χ1n) is 10.7. The molecule has 172 valence electrons. The molecule has 1 aromatic carbocycles. The molecule has 1 N–H and O–H groups in total. The summed E-state index contributed by atoms with van der Waals surface area (Å²) in [6.07, 6.45) is -0.874. The average Bonchev–Trinajstić information content (AvgIpc) is 3.14. The van der Waals surface area contributed by atoms with E-state index in [4.69, 9.17) is 4.74 Å². The van der Waals surface area contributed by atoms with Gasteiger partial charge in [-0.05, 0) is 31.7 Å². The zero-order valence-electron chi connectivity index (χ0n) is 19.0. The average molecular weight is 443 g/mol. The Bertz CT molecular complexity index is 1240. The van der Waals surface area contributed by atoms with Gasteiger partial charge >= 0.3 is 5.69 Å². The molecule has 0 unspecified atom stereocenters. The molecule has 1 aliphatic rings. The molecule has 2 aromatic heterocycles.